The van der Waals surface area contributed by atoms with Gasteiger partial charge in [0.25, 0.3) is 5.69 Å². The van der Waals surface area contributed by atoms with Crippen LogP contribution in [0.3, 0.4) is 0 Å². The van der Waals surface area contributed by atoms with E-state index < -0.39 is 32.5 Å². The number of benzene rings is 2. The number of methoxy groups -OCH3 is 1. The second-order valence-electron chi connectivity index (χ2n) is 6.22. The molecule has 0 aromatic heterocycles. The zero-order valence-electron chi connectivity index (χ0n) is 16.1. The maximum atomic E-state index is 13.6. The molecule has 1 N–H and O–H groups in total. The van der Waals surface area contributed by atoms with Crippen LogP contribution in [0.5, 0.6) is 5.75 Å². The summed E-state index contributed by atoms with van der Waals surface area (Å²) in [6, 6.07) is 6.19. The van der Waals surface area contributed by atoms with E-state index in [1.165, 1.54) is 19.2 Å². The molecule has 12 heteroatoms. The first-order chi connectivity index (χ1) is 14.0. The van der Waals surface area contributed by atoms with Crippen molar-refractivity contribution >= 4 is 33.0 Å². The molecule has 0 aliphatic heterocycles. The number of ether oxygens (including phenoxy) is 1. The number of carbonyl (C=O) groups excluding carboxylic acids is 1. The van der Waals surface area contributed by atoms with Gasteiger partial charge in [-0.3, -0.25) is 19.2 Å². The lowest BCUT2D eigenvalue weighted by Gasteiger charge is -2.24. The molecule has 0 heterocycles. The summed E-state index contributed by atoms with van der Waals surface area (Å²) in [6.45, 7) is -0.185. The second kappa shape index (κ2) is 9.48. The fourth-order valence-corrected chi connectivity index (χ4v) is 3.60. The van der Waals surface area contributed by atoms with Gasteiger partial charge in [0.05, 0.1) is 24.0 Å². The standard InChI is InChI=1S/C18H19F2N3O6S/c1-29-17-8-6-13(23(25)26)11-16(17)22(30(2,27)28)9-3-4-18(24)21-15-7-5-12(19)10-14(15)20/h5-8,10-11H,3-4,9H2,1-2H3,(H,21,24). The number of anilines is 2. The fourth-order valence-electron chi connectivity index (χ4n) is 2.64. The van der Waals surface area contributed by atoms with Crippen LogP contribution in [-0.2, 0) is 14.8 Å². The highest BCUT2D eigenvalue weighted by atomic mass is 32.2. The molecule has 1 amide bonds. The van der Waals surface area contributed by atoms with Crippen LogP contribution in [-0.4, -0.2) is 39.2 Å². The highest BCUT2D eigenvalue weighted by Gasteiger charge is 2.24. The van der Waals surface area contributed by atoms with Crippen LogP contribution in [0.15, 0.2) is 36.4 Å². The number of hydrogen-bond donors (Lipinski definition) is 1. The minimum absolute atomic E-state index is 0.0214. The van der Waals surface area contributed by atoms with Gasteiger partial charge in [-0.25, -0.2) is 17.2 Å². The van der Waals surface area contributed by atoms with Crippen LogP contribution in [0.2, 0.25) is 0 Å². The van der Waals surface area contributed by atoms with Crippen molar-refractivity contribution in [3.63, 3.8) is 0 Å². The summed E-state index contributed by atoms with van der Waals surface area (Å²) >= 11 is 0. The molecule has 30 heavy (non-hydrogen) atoms. The molecule has 2 rings (SSSR count). The number of carbonyl (C=O) groups is 1. The third-order valence-electron chi connectivity index (χ3n) is 4.01. The summed E-state index contributed by atoms with van der Waals surface area (Å²) in [5.74, 6) is -2.24. The van der Waals surface area contributed by atoms with Gasteiger partial charge in [-0.1, -0.05) is 0 Å². The van der Waals surface area contributed by atoms with E-state index in [1.54, 1.807) is 0 Å². The van der Waals surface area contributed by atoms with E-state index in [-0.39, 0.29) is 42.2 Å². The van der Waals surface area contributed by atoms with Crippen LogP contribution < -0.4 is 14.4 Å². The lowest BCUT2D eigenvalue weighted by atomic mass is 10.2. The molecule has 162 valence electrons. The van der Waals surface area contributed by atoms with Gasteiger partial charge in [0.15, 0.2) is 0 Å². The van der Waals surface area contributed by atoms with Crippen LogP contribution in [0, 0.1) is 21.7 Å². The average molecular weight is 443 g/mol. The maximum Gasteiger partial charge on any atom is 0.271 e. The van der Waals surface area contributed by atoms with E-state index in [2.05, 4.69) is 5.32 Å². The lowest BCUT2D eigenvalue weighted by Crippen LogP contribution is -2.32. The fraction of sp³-hybridized carbons (Fsp3) is 0.278. The number of amides is 1. The third kappa shape index (κ3) is 5.86. The van der Waals surface area contributed by atoms with Crippen molar-refractivity contribution in [3.8, 4) is 5.75 Å². The molecule has 0 fully saturated rings. The number of nitrogens with zero attached hydrogens (tertiary/aromatic N) is 2. The Labute approximate surface area is 171 Å². The Kier molecular flexibility index (Phi) is 7.27. The van der Waals surface area contributed by atoms with E-state index in [0.717, 1.165) is 28.8 Å². The van der Waals surface area contributed by atoms with Crippen molar-refractivity contribution in [2.24, 2.45) is 0 Å². The molecule has 0 spiro atoms. The first kappa shape index (κ1) is 23.0. The van der Waals surface area contributed by atoms with Crippen LogP contribution >= 0.6 is 0 Å². The average Bonchev–Trinajstić information content (AvgIpc) is 2.66. The Hall–Kier alpha value is -3.28. The minimum atomic E-state index is -3.86. The molecule has 2 aromatic rings. The van der Waals surface area contributed by atoms with Crippen molar-refractivity contribution in [1.29, 1.82) is 0 Å². The Morgan fingerprint density at radius 3 is 2.50 bits per heavy atom. The first-order valence-corrected chi connectivity index (χ1v) is 10.4. The second-order valence-corrected chi connectivity index (χ2v) is 8.13. The van der Waals surface area contributed by atoms with Gasteiger partial charge in [-0.15, -0.1) is 0 Å². The summed E-state index contributed by atoms with van der Waals surface area (Å²) in [4.78, 5) is 22.4. The van der Waals surface area contributed by atoms with Gasteiger partial charge in [-0.2, -0.15) is 0 Å². The topological polar surface area (TPSA) is 119 Å². The van der Waals surface area contributed by atoms with Gasteiger partial charge >= 0.3 is 0 Å². The number of sulfonamides is 1. The molecule has 0 aliphatic carbocycles. The molecule has 0 aliphatic rings. The van der Waals surface area contributed by atoms with Gasteiger partial charge in [0.2, 0.25) is 15.9 Å². The highest BCUT2D eigenvalue weighted by Crippen LogP contribution is 2.33. The van der Waals surface area contributed by atoms with Gasteiger partial charge < -0.3 is 10.1 Å². The Morgan fingerprint density at radius 1 is 1.23 bits per heavy atom. The van der Waals surface area contributed by atoms with Crippen molar-refractivity contribution < 1.29 is 31.7 Å². The number of nitrogens with one attached hydrogen (secondary N) is 1. The Balaban J connectivity index is 2.14. The SMILES string of the molecule is COc1ccc([N+](=O)[O-])cc1N(CCCC(=O)Nc1ccc(F)cc1F)S(C)(=O)=O. The number of halogens is 2. The summed E-state index contributed by atoms with van der Waals surface area (Å²) in [5.41, 5.74) is -0.579. The number of nitro groups is 1. The number of nitro benzene ring substituents is 1. The van der Waals surface area contributed by atoms with Crippen LogP contribution in [0.4, 0.5) is 25.8 Å². The molecule has 2 aromatic carbocycles. The first-order valence-electron chi connectivity index (χ1n) is 8.58. The predicted octanol–water partition coefficient (Wildman–Crippen LogP) is 3.07. The zero-order chi connectivity index (χ0) is 22.5. The molecule has 0 unspecified atom stereocenters. The van der Waals surface area contributed by atoms with Gasteiger partial charge in [-0.05, 0) is 24.6 Å². The maximum absolute atomic E-state index is 13.6. The van der Waals surface area contributed by atoms with Crippen LogP contribution in [0.1, 0.15) is 12.8 Å². The van der Waals surface area contributed by atoms with E-state index in [0.29, 0.717) is 6.07 Å². The van der Waals surface area contributed by atoms with E-state index in [1.807, 2.05) is 0 Å². The molecular formula is C18H19F2N3O6S. The summed E-state index contributed by atoms with van der Waals surface area (Å²) < 4.78 is 57.0. The normalized spacial score (nSPS) is 11.1. The van der Waals surface area contributed by atoms with Gasteiger partial charge in [0, 0.05) is 31.2 Å². The highest BCUT2D eigenvalue weighted by molar-refractivity contribution is 7.92. The van der Waals surface area contributed by atoms with Crippen molar-refractivity contribution in [2.75, 3.05) is 29.5 Å². The molecular weight excluding hydrogens is 424 g/mol. The minimum Gasteiger partial charge on any atom is -0.495 e. The number of non-ortho nitro benzene ring substituents is 1. The molecule has 0 saturated carbocycles. The van der Waals surface area contributed by atoms with Gasteiger partial charge in [0.1, 0.15) is 23.1 Å². The third-order valence-corrected chi connectivity index (χ3v) is 5.19. The molecule has 0 saturated heterocycles. The molecule has 0 bridgehead atoms. The van der Waals surface area contributed by atoms with E-state index >= 15 is 0 Å². The molecule has 9 nitrogen and oxygen atoms in total. The Bertz CT molecular complexity index is 1060. The monoisotopic (exact) mass is 443 g/mol. The van der Waals surface area contributed by atoms with Crippen molar-refractivity contribution in [3.05, 3.63) is 58.1 Å². The summed E-state index contributed by atoms with van der Waals surface area (Å²) in [5, 5.41) is 13.3. The van der Waals surface area contributed by atoms with Crippen LogP contribution in [0.25, 0.3) is 0 Å². The van der Waals surface area contributed by atoms with E-state index in [9.17, 15) is 32.1 Å². The summed E-state index contributed by atoms with van der Waals surface area (Å²) in [6.07, 6.45) is 0.757. The molecule has 0 atom stereocenters. The zero-order valence-corrected chi connectivity index (χ0v) is 16.9. The van der Waals surface area contributed by atoms with Crippen molar-refractivity contribution in [2.45, 2.75) is 12.8 Å². The molecule has 0 radical (unpaired) electrons. The lowest BCUT2D eigenvalue weighted by molar-refractivity contribution is -0.384. The number of hydrogen-bond acceptors (Lipinski definition) is 6. The largest absolute Gasteiger partial charge is 0.495 e. The quantitative estimate of drug-likeness (QED) is 0.470. The Morgan fingerprint density at radius 2 is 1.93 bits per heavy atom. The number of rotatable bonds is 9. The summed E-state index contributed by atoms with van der Waals surface area (Å²) in [7, 11) is -2.58. The van der Waals surface area contributed by atoms with E-state index in [4.69, 9.17) is 4.74 Å². The smallest absolute Gasteiger partial charge is 0.271 e. The van der Waals surface area contributed by atoms with Crippen molar-refractivity contribution in [1.82, 2.24) is 0 Å². The predicted molar refractivity (Wildman–Crippen MR) is 106 cm³/mol.